The Labute approximate surface area is 111 Å². The van der Waals surface area contributed by atoms with E-state index in [9.17, 15) is 14.7 Å². The first-order valence-electron chi connectivity index (χ1n) is 6.22. The van der Waals surface area contributed by atoms with Crippen LogP contribution in [0.5, 0.6) is 0 Å². The van der Waals surface area contributed by atoms with Gasteiger partial charge in [0, 0.05) is 19.7 Å². The molecule has 0 aliphatic heterocycles. The maximum atomic E-state index is 12.0. The van der Waals surface area contributed by atoms with Crippen LogP contribution < -0.4 is 0 Å². The molecular formula is C12H19N3O4. The molecule has 0 fully saturated rings. The van der Waals surface area contributed by atoms with E-state index < -0.39 is 17.4 Å². The van der Waals surface area contributed by atoms with E-state index in [-0.39, 0.29) is 19.4 Å². The van der Waals surface area contributed by atoms with Crippen molar-refractivity contribution in [2.75, 3.05) is 6.61 Å². The van der Waals surface area contributed by atoms with Crippen molar-refractivity contribution in [1.82, 2.24) is 15.0 Å². The van der Waals surface area contributed by atoms with Crippen LogP contribution in [-0.2, 0) is 27.8 Å². The third-order valence-corrected chi connectivity index (χ3v) is 2.89. The van der Waals surface area contributed by atoms with E-state index in [1.54, 1.807) is 20.2 Å². The number of carbonyl (C=O) groups excluding carboxylic acids is 1. The Bertz CT molecular complexity index is 458. The van der Waals surface area contributed by atoms with Crippen molar-refractivity contribution in [3.8, 4) is 0 Å². The molecular weight excluding hydrogens is 250 g/mol. The van der Waals surface area contributed by atoms with Crippen molar-refractivity contribution in [2.24, 2.45) is 12.5 Å². The highest BCUT2D eigenvalue weighted by Crippen LogP contribution is 2.30. The first-order chi connectivity index (χ1) is 8.96. The van der Waals surface area contributed by atoms with Gasteiger partial charge in [-0.1, -0.05) is 18.6 Å². The van der Waals surface area contributed by atoms with Crippen molar-refractivity contribution < 1.29 is 19.4 Å². The molecule has 0 amide bonds. The lowest BCUT2D eigenvalue weighted by Crippen LogP contribution is -2.42. The summed E-state index contributed by atoms with van der Waals surface area (Å²) in [6.45, 7) is 3.63. The maximum Gasteiger partial charge on any atom is 0.323 e. The van der Waals surface area contributed by atoms with Gasteiger partial charge in [-0.15, -0.1) is 5.10 Å². The average Bonchev–Trinajstić information content (AvgIpc) is 2.74. The fourth-order valence-electron chi connectivity index (χ4n) is 2.01. The molecule has 19 heavy (non-hydrogen) atoms. The van der Waals surface area contributed by atoms with Gasteiger partial charge in [-0.2, -0.15) is 0 Å². The molecule has 7 nitrogen and oxygen atoms in total. The molecule has 0 saturated heterocycles. The lowest BCUT2D eigenvalue weighted by atomic mass is 9.79. The predicted octanol–water partition coefficient (Wildman–Crippen LogP) is 0.792. The normalized spacial score (nSPS) is 13.8. The number of aromatic nitrogens is 3. The van der Waals surface area contributed by atoms with Crippen molar-refractivity contribution in [3.63, 3.8) is 0 Å². The van der Waals surface area contributed by atoms with Gasteiger partial charge in [0.2, 0.25) is 0 Å². The summed E-state index contributed by atoms with van der Waals surface area (Å²) in [6, 6.07) is 0. The summed E-state index contributed by atoms with van der Waals surface area (Å²) in [5.41, 5.74) is -1.12. The monoisotopic (exact) mass is 269 g/mol. The molecule has 7 heteroatoms. The smallest absolute Gasteiger partial charge is 0.323 e. The van der Waals surface area contributed by atoms with E-state index in [4.69, 9.17) is 4.74 Å². The highest BCUT2D eigenvalue weighted by molar-refractivity contribution is 5.99. The molecule has 0 radical (unpaired) electrons. The van der Waals surface area contributed by atoms with E-state index in [0.717, 1.165) is 0 Å². The number of esters is 1. The van der Waals surface area contributed by atoms with Crippen LogP contribution in [0.3, 0.4) is 0 Å². The van der Waals surface area contributed by atoms with Gasteiger partial charge >= 0.3 is 11.9 Å². The number of aryl methyl sites for hydroxylation is 1. The zero-order chi connectivity index (χ0) is 14.5. The Hall–Kier alpha value is -1.92. The van der Waals surface area contributed by atoms with Crippen molar-refractivity contribution in [1.29, 1.82) is 0 Å². The number of aliphatic carboxylic acids is 1. The van der Waals surface area contributed by atoms with Crippen molar-refractivity contribution in [2.45, 2.75) is 33.1 Å². The van der Waals surface area contributed by atoms with Gasteiger partial charge < -0.3 is 9.84 Å². The van der Waals surface area contributed by atoms with Crippen LogP contribution in [0.4, 0.5) is 0 Å². The Morgan fingerprint density at radius 3 is 2.58 bits per heavy atom. The number of rotatable bonds is 7. The molecule has 1 heterocycles. The molecule has 0 saturated carbocycles. The van der Waals surface area contributed by atoms with E-state index in [2.05, 4.69) is 10.3 Å². The topological polar surface area (TPSA) is 94.3 Å². The van der Waals surface area contributed by atoms with Crippen LogP contribution in [-0.4, -0.2) is 38.6 Å². The molecule has 1 unspecified atom stereocenters. The third kappa shape index (κ3) is 3.30. The molecule has 1 atom stereocenters. The summed E-state index contributed by atoms with van der Waals surface area (Å²) >= 11 is 0. The minimum Gasteiger partial charge on any atom is -0.480 e. The van der Waals surface area contributed by atoms with Crippen molar-refractivity contribution in [3.05, 3.63) is 11.9 Å². The summed E-state index contributed by atoms with van der Waals surface area (Å²) in [6.07, 6.45) is 2.36. The Kier molecular flexibility index (Phi) is 5.02. The first kappa shape index (κ1) is 15.1. The minimum absolute atomic E-state index is 0.0111. The summed E-state index contributed by atoms with van der Waals surface area (Å²) < 4.78 is 6.40. The minimum atomic E-state index is -1.58. The van der Waals surface area contributed by atoms with Gasteiger partial charge in [0.05, 0.1) is 12.3 Å². The number of hydrogen-bond donors (Lipinski definition) is 1. The van der Waals surface area contributed by atoms with Gasteiger partial charge in [-0.25, -0.2) is 0 Å². The van der Waals surface area contributed by atoms with E-state index >= 15 is 0 Å². The third-order valence-electron chi connectivity index (χ3n) is 2.89. The Morgan fingerprint density at radius 1 is 1.47 bits per heavy atom. The van der Waals surface area contributed by atoms with Crippen molar-refractivity contribution >= 4 is 11.9 Å². The SMILES string of the molecule is CCCC(Cc1cn(C)nn1)(C(=O)O)C(=O)OCC. The molecule has 1 rings (SSSR count). The predicted molar refractivity (Wildman–Crippen MR) is 66.3 cm³/mol. The highest BCUT2D eigenvalue weighted by atomic mass is 16.5. The number of nitrogens with zero attached hydrogens (tertiary/aromatic N) is 3. The summed E-state index contributed by atoms with van der Waals surface area (Å²) in [4.78, 5) is 23.6. The van der Waals surface area contributed by atoms with Crippen LogP contribution >= 0.6 is 0 Å². The lowest BCUT2D eigenvalue weighted by molar-refractivity contribution is -0.169. The standard InChI is InChI=1S/C12H19N3O4/c1-4-6-12(10(16)17,11(18)19-5-2)7-9-8-15(3)14-13-9/h8H,4-7H2,1-3H3,(H,16,17). The lowest BCUT2D eigenvalue weighted by Gasteiger charge is -2.25. The van der Waals surface area contributed by atoms with Gasteiger partial charge in [-0.3, -0.25) is 14.3 Å². The largest absolute Gasteiger partial charge is 0.480 e. The summed E-state index contributed by atoms with van der Waals surface area (Å²) in [5, 5.41) is 17.1. The summed E-state index contributed by atoms with van der Waals surface area (Å²) in [5.74, 6) is -1.89. The fraction of sp³-hybridized carbons (Fsp3) is 0.667. The van der Waals surface area contributed by atoms with E-state index in [0.29, 0.717) is 12.1 Å². The molecule has 106 valence electrons. The van der Waals surface area contributed by atoms with Gasteiger partial charge in [0.15, 0.2) is 5.41 Å². The molecule has 0 aromatic carbocycles. The average molecular weight is 269 g/mol. The van der Waals surface area contributed by atoms with Crippen LogP contribution in [0.2, 0.25) is 0 Å². The number of carbonyl (C=O) groups is 2. The molecule has 1 aromatic rings. The zero-order valence-corrected chi connectivity index (χ0v) is 11.4. The number of carboxylic acid groups (broad SMARTS) is 1. The van der Waals surface area contributed by atoms with Crippen LogP contribution in [0, 0.1) is 5.41 Å². The summed E-state index contributed by atoms with van der Waals surface area (Å²) in [7, 11) is 1.68. The number of carboxylic acids is 1. The Balaban J connectivity index is 3.08. The molecule has 0 spiro atoms. The fourth-order valence-corrected chi connectivity index (χ4v) is 2.01. The second-order valence-corrected chi connectivity index (χ2v) is 4.42. The maximum absolute atomic E-state index is 12.0. The first-order valence-corrected chi connectivity index (χ1v) is 6.22. The Morgan fingerprint density at radius 2 is 2.16 bits per heavy atom. The molecule has 0 bridgehead atoms. The number of ether oxygens (including phenoxy) is 1. The quantitative estimate of drug-likeness (QED) is 0.581. The van der Waals surface area contributed by atoms with Crippen LogP contribution in [0.15, 0.2) is 6.20 Å². The van der Waals surface area contributed by atoms with Crippen LogP contribution in [0.25, 0.3) is 0 Å². The zero-order valence-electron chi connectivity index (χ0n) is 11.4. The molecule has 1 N–H and O–H groups in total. The van der Waals surface area contributed by atoms with Gasteiger partial charge in [0.25, 0.3) is 0 Å². The second-order valence-electron chi connectivity index (χ2n) is 4.42. The second kappa shape index (κ2) is 6.31. The molecule has 0 aliphatic rings. The van der Waals surface area contributed by atoms with Crippen LogP contribution in [0.1, 0.15) is 32.4 Å². The number of hydrogen-bond acceptors (Lipinski definition) is 5. The highest BCUT2D eigenvalue weighted by Gasteiger charge is 2.47. The van der Waals surface area contributed by atoms with E-state index in [1.807, 2.05) is 6.92 Å². The van der Waals surface area contributed by atoms with E-state index in [1.165, 1.54) is 4.68 Å². The molecule has 1 aromatic heterocycles. The molecule has 0 aliphatic carbocycles. The van der Waals surface area contributed by atoms with Gasteiger partial charge in [0.1, 0.15) is 0 Å². The van der Waals surface area contributed by atoms with Gasteiger partial charge in [-0.05, 0) is 13.3 Å².